The lowest BCUT2D eigenvalue weighted by Gasteiger charge is -2.24. The minimum Gasteiger partial charge on any atom is -0.477 e. The standard InChI is InChI=1S/C25H22F3N3O3/c1-3-16-22-17(10-20(28)23(16)30-8-7-14(12-30)11-29-4-2)24(32)18(25(33)34)13-31(22)21-6-5-15(26)9-19(21)27/h1,5-6,9-10,13-14,29H,4,7-8,11-12H2,2H3,(H,33,34). The Labute approximate surface area is 193 Å². The average Bonchev–Trinajstić information content (AvgIpc) is 3.26. The van der Waals surface area contributed by atoms with E-state index in [2.05, 4.69) is 11.2 Å². The number of pyridine rings is 1. The first kappa shape index (κ1) is 23.4. The molecule has 2 N–H and O–H groups in total. The summed E-state index contributed by atoms with van der Waals surface area (Å²) in [6, 6.07) is 3.67. The van der Waals surface area contributed by atoms with Crippen molar-refractivity contribution in [3.63, 3.8) is 0 Å². The van der Waals surface area contributed by atoms with E-state index in [1.165, 1.54) is 0 Å². The Balaban J connectivity index is 2.02. The number of nitrogens with zero attached hydrogens (tertiary/aromatic N) is 2. The number of terminal acetylenes is 1. The molecular weight excluding hydrogens is 447 g/mol. The van der Waals surface area contributed by atoms with Gasteiger partial charge in [-0.05, 0) is 43.6 Å². The first-order valence-corrected chi connectivity index (χ1v) is 10.8. The van der Waals surface area contributed by atoms with Gasteiger partial charge in [0.05, 0.1) is 27.8 Å². The topological polar surface area (TPSA) is 74.6 Å². The maximum atomic E-state index is 15.4. The van der Waals surface area contributed by atoms with E-state index in [0.29, 0.717) is 19.2 Å². The number of aromatic nitrogens is 1. The second-order valence-corrected chi connectivity index (χ2v) is 8.17. The summed E-state index contributed by atoms with van der Waals surface area (Å²) >= 11 is 0. The zero-order valence-electron chi connectivity index (χ0n) is 18.4. The molecule has 2 aromatic carbocycles. The predicted molar refractivity (Wildman–Crippen MR) is 123 cm³/mol. The molecule has 1 unspecified atom stereocenters. The lowest BCUT2D eigenvalue weighted by molar-refractivity contribution is 0.0695. The van der Waals surface area contributed by atoms with Crippen LogP contribution in [0.4, 0.5) is 18.9 Å². The van der Waals surface area contributed by atoms with Crippen molar-refractivity contribution >= 4 is 22.6 Å². The Morgan fingerprint density at radius 1 is 1.26 bits per heavy atom. The Bertz CT molecular complexity index is 1390. The molecule has 1 aliphatic rings. The third kappa shape index (κ3) is 4.01. The summed E-state index contributed by atoms with van der Waals surface area (Å²) in [5.74, 6) is -1.48. The van der Waals surface area contributed by atoms with E-state index in [1.54, 1.807) is 4.90 Å². The van der Waals surface area contributed by atoms with Gasteiger partial charge in [0.1, 0.15) is 23.0 Å². The second-order valence-electron chi connectivity index (χ2n) is 8.17. The predicted octanol–water partition coefficient (Wildman–Crippen LogP) is 3.52. The SMILES string of the molecule is C#Cc1c(N2CCC(CNCC)C2)c(F)cc2c(=O)c(C(=O)O)cn(-c3ccc(F)cc3F)c12. The summed E-state index contributed by atoms with van der Waals surface area (Å²) in [5, 5.41) is 12.5. The molecule has 4 rings (SSSR count). The molecular formula is C25H22F3N3O3. The van der Waals surface area contributed by atoms with Gasteiger partial charge in [-0.3, -0.25) is 4.79 Å². The molecule has 1 aromatic heterocycles. The highest BCUT2D eigenvalue weighted by Gasteiger charge is 2.29. The number of benzene rings is 2. The highest BCUT2D eigenvalue weighted by molar-refractivity contribution is 5.97. The summed E-state index contributed by atoms with van der Waals surface area (Å²) in [7, 11) is 0. The number of hydrogen-bond acceptors (Lipinski definition) is 4. The van der Waals surface area contributed by atoms with E-state index < -0.39 is 34.4 Å². The minimum atomic E-state index is -1.57. The molecule has 0 bridgehead atoms. The summed E-state index contributed by atoms with van der Waals surface area (Å²) in [6.07, 6.45) is 7.52. The third-order valence-electron chi connectivity index (χ3n) is 6.04. The van der Waals surface area contributed by atoms with Crippen molar-refractivity contribution in [1.82, 2.24) is 9.88 Å². The molecule has 6 nitrogen and oxygen atoms in total. The van der Waals surface area contributed by atoms with Gasteiger partial charge in [0.2, 0.25) is 5.43 Å². The monoisotopic (exact) mass is 469 g/mol. The molecule has 1 aliphatic heterocycles. The quantitative estimate of drug-likeness (QED) is 0.541. The highest BCUT2D eigenvalue weighted by Crippen LogP contribution is 2.35. The van der Waals surface area contributed by atoms with Crippen LogP contribution in [0.3, 0.4) is 0 Å². The van der Waals surface area contributed by atoms with Crippen LogP contribution in [0.5, 0.6) is 0 Å². The van der Waals surface area contributed by atoms with Crippen molar-refractivity contribution in [2.75, 3.05) is 31.1 Å². The zero-order chi connectivity index (χ0) is 24.6. The normalized spacial score (nSPS) is 15.6. The van der Waals surface area contributed by atoms with E-state index in [-0.39, 0.29) is 33.8 Å². The van der Waals surface area contributed by atoms with Crippen molar-refractivity contribution in [3.8, 4) is 18.0 Å². The number of carboxylic acids is 1. The Hall–Kier alpha value is -3.77. The molecule has 0 aliphatic carbocycles. The second kappa shape index (κ2) is 9.23. The third-order valence-corrected chi connectivity index (χ3v) is 6.04. The van der Waals surface area contributed by atoms with E-state index in [9.17, 15) is 23.5 Å². The maximum Gasteiger partial charge on any atom is 0.341 e. The number of halogens is 3. The van der Waals surface area contributed by atoms with Crippen LogP contribution in [0, 0.1) is 35.7 Å². The molecule has 0 amide bonds. The number of anilines is 1. The number of aromatic carboxylic acids is 1. The summed E-state index contributed by atoms with van der Waals surface area (Å²) in [6.45, 7) is 4.59. The molecule has 1 atom stereocenters. The molecule has 176 valence electrons. The molecule has 9 heteroatoms. The van der Waals surface area contributed by atoms with Crippen molar-refractivity contribution in [1.29, 1.82) is 0 Å². The number of rotatable bonds is 6. The van der Waals surface area contributed by atoms with Crippen molar-refractivity contribution < 1.29 is 23.1 Å². The van der Waals surface area contributed by atoms with Crippen LogP contribution >= 0.6 is 0 Å². The maximum absolute atomic E-state index is 15.4. The van der Waals surface area contributed by atoms with Crippen LogP contribution in [-0.2, 0) is 0 Å². The van der Waals surface area contributed by atoms with Gasteiger partial charge >= 0.3 is 5.97 Å². The van der Waals surface area contributed by atoms with Gasteiger partial charge in [0.25, 0.3) is 0 Å². The number of fused-ring (bicyclic) bond motifs is 1. The Morgan fingerprint density at radius 3 is 2.68 bits per heavy atom. The largest absolute Gasteiger partial charge is 0.477 e. The van der Waals surface area contributed by atoms with Crippen LogP contribution in [0.2, 0.25) is 0 Å². The summed E-state index contributed by atoms with van der Waals surface area (Å²) in [4.78, 5) is 26.4. The number of carbonyl (C=O) groups is 1. The number of hydrogen-bond donors (Lipinski definition) is 2. The molecule has 2 heterocycles. The zero-order valence-corrected chi connectivity index (χ0v) is 18.4. The van der Waals surface area contributed by atoms with Gasteiger partial charge in [0.15, 0.2) is 0 Å². The Kier molecular flexibility index (Phi) is 6.35. The Morgan fingerprint density at radius 2 is 2.03 bits per heavy atom. The number of carboxylic acid groups (broad SMARTS) is 1. The van der Waals surface area contributed by atoms with Gasteiger partial charge in [-0.2, -0.15) is 0 Å². The van der Waals surface area contributed by atoms with E-state index in [4.69, 9.17) is 6.42 Å². The molecule has 0 saturated carbocycles. The van der Waals surface area contributed by atoms with E-state index >= 15 is 4.39 Å². The fourth-order valence-electron chi connectivity index (χ4n) is 4.47. The molecule has 1 fully saturated rings. The minimum absolute atomic E-state index is 0.00290. The van der Waals surface area contributed by atoms with Crippen molar-refractivity contribution in [3.05, 3.63) is 69.3 Å². The molecule has 1 saturated heterocycles. The first-order valence-electron chi connectivity index (χ1n) is 10.8. The summed E-state index contributed by atoms with van der Waals surface area (Å²) < 4.78 is 44.8. The van der Waals surface area contributed by atoms with Gasteiger partial charge in [-0.1, -0.05) is 12.8 Å². The van der Waals surface area contributed by atoms with E-state index in [0.717, 1.165) is 48.5 Å². The lowest BCUT2D eigenvalue weighted by Crippen LogP contribution is -2.27. The summed E-state index contributed by atoms with van der Waals surface area (Å²) in [5.41, 5.74) is -1.80. The van der Waals surface area contributed by atoms with Crippen molar-refractivity contribution in [2.45, 2.75) is 13.3 Å². The van der Waals surface area contributed by atoms with Crippen molar-refractivity contribution in [2.24, 2.45) is 5.92 Å². The molecule has 0 radical (unpaired) electrons. The van der Waals surface area contributed by atoms with Gasteiger partial charge < -0.3 is 19.9 Å². The smallest absolute Gasteiger partial charge is 0.341 e. The van der Waals surface area contributed by atoms with E-state index in [1.807, 2.05) is 6.92 Å². The van der Waals surface area contributed by atoms with Gasteiger partial charge in [-0.15, -0.1) is 6.42 Å². The lowest BCUT2D eigenvalue weighted by atomic mass is 10.0. The highest BCUT2D eigenvalue weighted by atomic mass is 19.1. The van der Waals surface area contributed by atoms with Gasteiger partial charge in [0, 0.05) is 25.4 Å². The van der Waals surface area contributed by atoms with Crippen LogP contribution in [0.15, 0.2) is 35.3 Å². The average molecular weight is 469 g/mol. The van der Waals surface area contributed by atoms with Crippen LogP contribution in [0.25, 0.3) is 16.6 Å². The van der Waals surface area contributed by atoms with Crippen LogP contribution in [0.1, 0.15) is 29.3 Å². The molecule has 0 spiro atoms. The molecule has 34 heavy (non-hydrogen) atoms. The van der Waals surface area contributed by atoms with Gasteiger partial charge in [-0.25, -0.2) is 18.0 Å². The first-order chi connectivity index (χ1) is 16.3. The van der Waals surface area contributed by atoms with Crippen LogP contribution in [-0.4, -0.2) is 41.8 Å². The van der Waals surface area contributed by atoms with Crippen LogP contribution < -0.4 is 15.6 Å². The molecule has 3 aromatic rings. The number of nitrogens with one attached hydrogen (secondary N) is 1. The fraction of sp³-hybridized carbons (Fsp3) is 0.280. The fourth-order valence-corrected chi connectivity index (χ4v) is 4.47.